The summed E-state index contributed by atoms with van der Waals surface area (Å²) in [5, 5.41) is 0. The normalized spacial score (nSPS) is 8.80. The van der Waals surface area contributed by atoms with Crippen molar-refractivity contribution < 1.29 is 9.53 Å². The molecule has 0 aliphatic carbocycles. The van der Waals surface area contributed by atoms with Crippen molar-refractivity contribution >= 4 is 37.8 Å². The van der Waals surface area contributed by atoms with Gasteiger partial charge in [0, 0.05) is 15.9 Å². The van der Waals surface area contributed by atoms with Gasteiger partial charge in [0.25, 0.3) is 0 Å². The Morgan fingerprint density at radius 2 is 1.73 bits per heavy atom. The maximum Gasteiger partial charge on any atom is 0.302 e. The van der Waals surface area contributed by atoms with Gasteiger partial charge in [-0.3, -0.25) is 4.79 Å². The molecule has 0 N–H and O–H groups in total. The van der Waals surface area contributed by atoms with E-state index in [0.29, 0.717) is 6.61 Å². The summed E-state index contributed by atoms with van der Waals surface area (Å²) in [4.78, 5) is 9.98. The summed E-state index contributed by atoms with van der Waals surface area (Å²) in [6.45, 7) is 3.92. The van der Waals surface area contributed by atoms with Gasteiger partial charge in [-0.25, -0.2) is 0 Å². The number of ether oxygens (including phenoxy) is 1. The highest BCUT2D eigenvalue weighted by molar-refractivity contribution is 9.13. The molecule has 0 aliphatic rings. The monoisotopic (exact) mass is 336 g/mol. The van der Waals surface area contributed by atoms with E-state index in [1.54, 1.807) is 0 Å². The quantitative estimate of drug-likeness (QED) is 0.757. The van der Waals surface area contributed by atoms with E-state index in [9.17, 15) is 4.79 Å². The first-order valence-electron chi connectivity index (χ1n) is 4.61. The lowest BCUT2D eigenvalue weighted by Crippen LogP contribution is -1.98. The number of esters is 1. The Hall–Kier alpha value is -0.350. The zero-order chi connectivity index (χ0) is 11.7. The molecule has 4 heteroatoms. The van der Waals surface area contributed by atoms with Crippen LogP contribution in [0.1, 0.15) is 20.3 Å². The molecule has 0 spiro atoms. The van der Waals surface area contributed by atoms with Crippen molar-refractivity contribution in [1.82, 2.24) is 0 Å². The van der Waals surface area contributed by atoms with Crippen molar-refractivity contribution in [2.24, 2.45) is 0 Å². The van der Waals surface area contributed by atoms with E-state index in [1.165, 1.54) is 6.92 Å². The van der Waals surface area contributed by atoms with Crippen LogP contribution in [0.2, 0.25) is 0 Å². The van der Waals surface area contributed by atoms with Crippen LogP contribution in [0.15, 0.2) is 33.2 Å². The number of hydrogen-bond donors (Lipinski definition) is 0. The Labute approximate surface area is 107 Å². The molecule has 0 heterocycles. The molecule has 1 aromatic rings. The molecule has 0 saturated carbocycles. The Kier molecular flexibility index (Phi) is 8.71. The van der Waals surface area contributed by atoms with Gasteiger partial charge in [-0.1, -0.05) is 19.1 Å². The fourth-order valence-corrected chi connectivity index (χ4v) is 1.25. The van der Waals surface area contributed by atoms with Crippen LogP contribution >= 0.6 is 31.9 Å². The first-order valence-corrected chi connectivity index (χ1v) is 6.20. The lowest BCUT2D eigenvalue weighted by molar-refractivity contribution is -0.140. The van der Waals surface area contributed by atoms with Crippen LogP contribution in [0.5, 0.6) is 0 Å². The highest BCUT2D eigenvalue weighted by Gasteiger charge is 1.88. The van der Waals surface area contributed by atoms with Crippen molar-refractivity contribution in [3.05, 3.63) is 33.2 Å². The maximum atomic E-state index is 9.98. The molecule has 2 nitrogen and oxygen atoms in total. The van der Waals surface area contributed by atoms with Crippen molar-refractivity contribution in [2.75, 3.05) is 6.61 Å². The Bertz CT molecular complexity index is 279. The standard InChI is InChI=1S/C6H4Br2.C5H10O2/c7-5-3-1-2-4-6(5)8;1-3-4-7-5(2)6/h1-4H;3-4H2,1-2H3. The summed E-state index contributed by atoms with van der Waals surface area (Å²) in [5.74, 6) is -0.193. The predicted molar refractivity (Wildman–Crippen MR) is 68.8 cm³/mol. The average Bonchev–Trinajstić information content (AvgIpc) is 2.20. The number of rotatable bonds is 2. The van der Waals surface area contributed by atoms with Gasteiger partial charge < -0.3 is 4.74 Å². The Balaban J connectivity index is 0.000000265. The molecule has 0 radical (unpaired) electrons. The molecule has 0 atom stereocenters. The van der Waals surface area contributed by atoms with Crippen LogP contribution in [-0.2, 0) is 9.53 Å². The second-order valence-corrected chi connectivity index (χ2v) is 4.46. The third-order valence-electron chi connectivity index (χ3n) is 1.33. The summed E-state index contributed by atoms with van der Waals surface area (Å²) in [7, 11) is 0. The fraction of sp³-hybridized carbons (Fsp3) is 0.364. The minimum Gasteiger partial charge on any atom is -0.466 e. The zero-order valence-corrected chi connectivity index (χ0v) is 12.0. The Morgan fingerprint density at radius 1 is 1.27 bits per heavy atom. The largest absolute Gasteiger partial charge is 0.466 e. The molecule has 0 fully saturated rings. The van der Waals surface area contributed by atoms with Crippen LogP contribution in [0.4, 0.5) is 0 Å². The molecular formula is C11H14Br2O2. The van der Waals surface area contributed by atoms with Crippen LogP contribution in [0.25, 0.3) is 0 Å². The van der Waals surface area contributed by atoms with Crippen molar-refractivity contribution in [1.29, 1.82) is 0 Å². The zero-order valence-electron chi connectivity index (χ0n) is 8.80. The number of carbonyl (C=O) groups excluding carboxylic acids is 1. The van der Waals surface area contributed by atoms with E-state index >= 15 is 0 Å². The fourth-order valence-electron chi connectivity index (χ4n) is 0.685. The summed E-state index contributed by atoms with van der Waals surface area (Å²) in [6, 6.07) is 7.94. The number of carbonyl (C=O) groups is 1. The third-order valence-corrected chi connectivity index (χ3v) is 3.25. The van der Waals surface area contributed by atoms with E-state index in [4.69, 9.17) is 0 Å². The second-order valence-electron chi connectivity index (χ2n) is 2.75. The topological polar surface area (TPSA) is 26.3 Å². The van der Waals surface area contributed by atoms with Gasteiger partial charge in [0.15, 0.2) is 0 Å². The van der Waals surface area contributed by atoms with Crippen molar-refractivity contribution in [3.63, 3.8) is 0 Å². The van der Waals surface area contributed by atoms with E-state index < -0.39 is 0 Å². The van der Waals surface area contributed by atoms with Gasteiger partial charge in [-0.2, -0.15) is 0 Å². The predicted octanol–water partition coefficient (Wildman–Crippen LogP) is 4.17. The molecule has 0 bridgehead atoms. The van der Waals surface area contributed by atoms with Crippen molar-refractivity contribution in [3.8, 4) is 0 Å². The first kappa shape index (κ1) is 14.6. The summed E-state index contributed by atoms with van der Waals surface area (Å²) in [6.07, 6.45) is 0.902. The van der Waals surface area contributed by atoms with Crippen LogP contribution < -0.4 is 0 Å². The van der Waals surface area contributed by atoms with Gasteiger partial charge >= 0.3 is 5.97 Å². The minimum atomic E-state index is -0.193. The smallest absolute Gasteiger partial charge is 0.302 e. The van der Waals surface area contributed by atoms with Crippen LogP contribution in [0, 0.1) is 0 Å². The van der Waals surface area contributed by atoms with Gasteiger partial charge in [0.2, 0.25) is 0 Å². The van der Waals surface area contributed by atoms with Gasteiger partial charge in [-0.05, 0) is 50.4 Å². The van der Waals surface area contributed by atoms with Crippen LogP contribution in [0.3, 0.4) is 0 Å². The SMILES string of the molecule is Brc1ccccc1Br.CCCOC(C)=O. The summed E-state index contributed by atoms with van der Waals surface area (Å²) >= 11 is 6.70. The molecule has 0 unspecified atom stereocenters. The number of hydrogen-bond acceptors (Lipinski definition) is 2. The molecule has 0 saturated heterocycles. The van der Waals surface area contributed by atoms with Gasteiger partial charge in [-0.15, -0.1) is 0 Å². The van der Waals surface area contributed by atoms with Crippen molar-refractivity contribution in [2.45, 2.75) is 20.3 Å². The molecule has 1 rings (SSSR count). The molecule has 84 valence electrons. The second kappa shape index (κ2) is 8.92. The van der Waals surface area contributed by atoms with E-state index in [-0.39, 0.29) is 5.97 Å². The van der Waals surface area contributed by atoms with Gasteiger partial charge in [0.1, 0.15) is 0 Å². The average molecular weight is 338 g/mol. The van der Waals surface area contributed by atoms with E-state index in [0.717, 1.165) is 15.4 Å². The highest BCUT2D eigenvalue weighted by Crippen LogP contribution is 2.20. The minimum absolute atomic E-state index is 0.193. The van der Waals surface area contributed by atoms with Gasteiger partial charge in [0.05, 0.1) is 6.61 Å². The maximum absolute atomic E-state index is 9.98. The molecule has 0 aliphatic heterocycles. The summed E-state index contributed by atoms with van der Waals surface area (Å²) in [5.41, 5.74) is 0. The molecule has 0 amide bonds. The third kappa shape index (κ3) is 8.63. The lowest BCUT2D eigenvalue weighted by Gasteiger charge is -1.93. The first-order chi connectivity index (χ1) is 7.07. The number of halogens is 2. The molecular weight excluding hydrogens is 324 g/mol. The van der Waals surface area contributed by atoms with E-state index in [1.807, 2.05) is 31.2 Å². The van der Waals surface area contributed by atoms with E-state index in [2.05, 4.69) is 36.6 Å². The molecule has 15 heavy (non-hydrogen) atoms. The van der Waals surface area contributed by atoms with Crippen LogP contribution in [-0.4, -0.2) is 12.6 Å². The number of benzene rings is 1. The summed E-state index contributed by atoms with van der Waals surface area (Å²) < 4.78 is 6.75. The Morgan fingerprint density at radius 3 is 1.93 bits per heavy atom. The molecule has 0 aromatic heterocycles. The molecule has 1 aromatic carbocycles. The highest BCUT2D eigenvalue weighted by atomic mass is 79.9. The lowest BCUT2D eigenvalue weighted by atomic mass is 10.4.